The Hall–Kier alpha value is -1.68. The Morgan fingerprint density at radius 2 is 1.68 bits per heavy atom. The van der Waals surface area contributed by atoms with Crippen molar-refractivity contribution in [3.05, 3.63) is 17.2 Å². The van der Waals surface area contributed by atoms with Gasteiger partial charge < -0.3 is 15.7 Å². The Morgan fingerprint density at radius 3 is 2.24 bits per heavy atom. The lowest BCUT2D eigenvalue weighted by molar-refractivity contribution is -0.146. The van der Waals surface area contributed by atoms with Crippen molar-refractivity contribution in [3.8, 4) is 5.75 Å². The van der Waals surface area contributed by atoms with Crippen molar-refractivity contribution in [1.29, 1.82) is 0 Å². The monoisotopic (exact) mass is 513 g/mol. The highest BCUT2D eigenvalue weighted by atomic mass is 35.5. The van der Waals surface area contributed by atoms with Crippen molar-refractivity contribution in [3.63, 3.8) is 0 Å². The molecule has 2 saturated carbocycles. The summed E-state index contributed by atoms with van der Waals surface area (Å²) in [6.45, 7) is 6.35. The van der Waals surface area contributed by atoms with Crippen molar-refractivity contribution in [2.45, 2.75) is 82.3 Å². The first-order chi connectivity index (χ1) is 15.7. The zero-order valence-electron chi connectivity index (χ0n) is 20.5. The van der Waals surface area contributed by atoms with Crippen LogP contribution in [0.5, 0.6) is 5.75 Å². The fraction of sp³-hybridized carbons (Fsp3) is 0.667. The summed E-state index contributed by atoms with van der Waals surface area (Å²) in [5.74, 6) is -1.11. The molecule has 0 saturated heterocycles. The number of hydrogen-bond donors (Lipinski definition) is 3. The maximum absolute atomic E-state index is 12.6. The van der Waals surface area contributed by atoms with E-state index in [-0.39, 0.29) is 22.2 Å². The van der Waals surface area contributed by atoms with Crippen molar-refractivity contribution in [2.75, 3.05) is 19.4 Å². The van der Waals surface area contributed by atoms with E-state index in [0.717, 1.165) is 10.7 Å². The molecule has 2 aliphatic rings. The highest BCUT2D eigenvalue weighted by Gasteiger charge is 2.51. The van der Waals surface area contributed by atoms with E-state index in [1.165, 1.54) is 58.3 Å². The van der Waals surface area contributed by atoms with Gasteiger partial charge in [0, 0.05) is 20.1 Å². The first-order valence-electron chi connectivity index (χ1n) is 11.8. The number of carbonyl (C=O) groups excluding carboxylic acids is 2. The van der Waals surface area contributed by atoms with Crippen LogP contribution < -0.4 is 10.6 Å². The molecule has 0 bridgehead atoms. The molecule has 3 N–H and O–H groups in total. The summed E-state index contributed by atoms with van der Waals surface area (Å²) in [7, 11) is -1.37. The third-order valence-corrected chi connectivity index (χ3v) is 9.31. The Labute approximate surface area is 207 Å². The lowest BCUT2D eigenvalue weighted by Gasteiger charge is -2.42. The number of aromatic hydroxyl groups is 1. The molecule has 1 aromatic rings. The van der Waals surface area contributed by atoms with Crippen LogP contribution in [0.3, 0.4) is 0 Å². The average molecular weight is 514 g/mol. The zero-order chi connectivity index (χ0) is 25.4. The summed E-state index contributed by atoms with van der Waals surface area (Å²) < 4.78 is 26.2. The molecule has 0 aliphatic heterocycles. The van der Waals surface area contributed by atoms with E-state index in [0.29, 0.717) is 5.92 Å². The van der Waals surface area contributed by atoms with E-state index in [1.807, 2.05) is 0 Å². The summed E-state index contributed by atoms with van der Waals surface area (Å²) in [5.41, 5.74) is -0.0990. The van der Waals surface area contributed by atoms with Gasteiger partial charge in [0.1, 0.15) is 17.0 Å². The number of rotatable bonds is 8. The number of anilines is 1. The van der Waals surface area contributed by atoms with Crippen LogP contribution in [-0.4, -0.2) is 61.6 Å². The van der Waals surface area contributed by atoms with Gasteiger partial charge in [0.15, 0.2) is 5.75 Å². The Balaban J connectivity index is 1.83. The first kappa shape index (κ1) is 26.9. The van der Waals surface area contributed by atoms with Gasteiger partial charge in [0.05, 0.1) is 10.7 Å². The number of hydrogen-bond acceptors (Lipinski definition) is 7. The Morgan fingerprint density at radius 1 is 1.09 bits per heavy atom. The van der Waals surface area contributed by atoms with E-state index >= 15 is 0 Å². The molecule has 1 aromatic carbocycles. The summed E-state index contributed by atoms with van der Waals surface area (Å²) in [6, 6.07) is 1.09. The van der Waals surface area contributed by atoms with E-state index in [4.69, 9.17) is 11.6 Å². The van der Waals surface area contributed by atoms with Crippen molar-refractivity contribution in [1.82, 2.24) is 9.62 Å². The van der Waals surface area contributed by atoms with Gasteiger partial charge in [-0.15, -0.1) is 0 Å². The molecule has 10 heteroatoms. The van der Waals surface area contributed by atoms with E-state index in [9.17, 15) is 23.1 Å². The molecule has 34 heavy (non-hydrogen) atoms. The van der Waals surface area contributed by atoms with Crippen LogP contribution in [-0.2, 0) is 19.6 Å². The number of phenols is 1. The van der Waals surface area contributed by atoms with E-state index in [1.54, 1.807) is 0 Å². The molecule has 0 aromatic heterocycles. The maximum Gasteiger partial charge on any atom is 0.247 e. The quantitative estimate of drug-likeness (QED) is 0.359. The lowest BCUT2D eigenvalue weighted by Crippen LogP contribution is -2.69. The Bertz CT molecular complexity index is 1050. The minimum atomic E-state index is -4.03. The van der Waals surface area contributed by atoms with Gasteiger partial charge in [-0.1, -0.05) is 64.5 Å². The molecule has 3 unspecified atom stereocenters. The predicted octanol–water partition coefficient (Wildman–Crippen LogP) is 3.57. The van der Waals surface area contributed by atoms with E-state index in [2.05, 4.69) is 31.4 Å². The molecule has 2 aliphatic carbocycles. The van der Waals surface area contributed by atoms with Crippen LogP contribution in [0.15, 0.2) is 17.0 Å². The molecule has 0 radical (unpaired) electrons. The molecule has 190 valence electrons. The summed E-state index contributed by atoms with van der Waals surface area (Å²) in [4.78, 5) is 24.6. The van der Waals surface area contributed by atoms with Gasteiger partial charge in [0.25, 0.3) is 0 Å². The SMILES string of the molecule is CN(C)S(=O)(=O)c1c(Cl)ccc(NC2C(=O)C(=O)C2NC(CC2CCCCC2)C(C)(C)C)c1O. The van der Waals surface area contributed by atoms with E-state index < -0.39 is 44.3 Å². The molecule has 0 heterocycles. The summed E-state index contributed by atoms with van der Waals surface area (Å²) in [5, 5.41) is 16.9. The van der Waals surface area contributed by atoms with Gasteiger partial charge in [-0.25, -0.2) is 12.7 Å². The standard InChI is InChI=1S/C24H36ClN3O5S/c1-24(2,3)17(13-14-9-7-6-8-10-14)27-19-18(21(30)22(19)31)26-16-12-11-15(25)23(20(16)29)34(32,33)28(4)5/h11-12,14,17-19,26-27,29H,6-10,13H2,1-5H3. The van der Waals surface area contributed by atoms with Gasteiger partial charge in [-0.05, 0) is 29.9 Å². The number of Topliss-reactive ketones (excluding diaryl/α,β-unsaturated/α-hetero) is 2. The molecular weight excluding hydrogens is 478 g/mol. The number of benzene rings is 1. The molecule has 3 atom stereocenters. The van der Waals surface area contributed by atoms with Crippen molar-refractivity contribution >= 4 is 38.9 Å². The fourth-order valence-electron chi connectivity index (χ4n) is 4.74. The number of carbonyl (C=O) groups is 2. The number of halogens is 1. The minimum absolute atomic E-state index is 0.0189. The van der Waals surface area contributed by atoms with Gasteiger partial charge in [0.2, 0.25) is 21.6 Å². The number of ketones is 2. The molecule has 3 rings (SSSR count). The van der Waals surface area contributed by atoms with Gasteiger partial charge in [-0.3, -0.25) is 9.59 Å². The highest BCUT2D eigenvalue weighted by Crippen LogP contribution is 2.39. The number of nitrogens with one attached hydrogen (secondary N) is 2. The third kappa shape index (κ3) is 5.42. The van der Waals surface area contributed by atoms with Crippen LogP contribution in [0.4, 0.5) is 5.69 Å². The second-order valence-corrected chi connectivity index (χ2v) is 13.2. The fourth-order valence-corrected chi connectivity index (χ4v) is 6.22. The smallest absolute Gasteiger partial charge is 0.247 e. The van der Waals surface area contributed by atoms with Crippen LogP contribution in [0.25, 0.3) is 0 Å². The van der Waals surface area contributed by atoms with Crippen LogP contribution in [0, 0.1) is 11.3 Å². The summed E-state index contributed by atoms with van der Waals surface area (Å²) >= 11 is 6.08. The van der Waals surface area contributed by atoms with Crippen LogP contribution >= 0.6 is 11.6 Å². The first-order valence-corrected chi connectivity index (χ1v) is 13.6. The molecule has 8 nitrogen and oxygen atoms in total. The van der Waals surface area contributed by atoms with Crippen molar-refractivity contribution in [2.24, 2.45) is 11.3 Å². The second kappa shape index (κ2) is 10.1. The average Bonchev–Trinajstić information content (AvgIpc) is 2.76. The molecule has 2 fully saturated rings. The number of sulfonamides is 1. The van der Waals surface area contributed by atoms with Gasteiger partial charge >= 0.3 is 0 Å². The van der Waals surface area contributed by atoms with Crippen LogP contribution in [0.1, 0.15) is 59.3 Å². The Kier molecular flexibility index (Phi) is 8.02. The maximum atomic E-state index is 12.6. The molecule has 0 spiro atoms. The summed E-state index contributed by atoms with van der Waals surface area (Å²) in [6.07, 6.45) is 6.99. The largest absolute Gasteiger partial charge is 0.504 e. The van der Waals surface area contributed by atoms with Gasteiger partial charge in [-0.2, -0.15) is 0 Å². The predicted molar refractivity (Wildman–Crippen MR) is 133 cm³/mol. The zero-order valence-corrected chi connectivity index (χ0v) is 22.1. The molecule has 0 amide bonds. The minimum Gasteiger partial charge on any atom is -0.504 e. The second-order valence-electron chi connectivity index (χ2n) is 10.7. The van der Waals surface area contributed by atoms with Crippen LogP contribution in [0.2, 0.25) is 5.02 Å². The third-order valence-electron chi connectivity index (χ3n) is 6.99. The lowest BCUT2D eigenvalue weighted by atomic mass is 9.74. The number of nitrogens with zero attached hydrogens (tertiary/aromatic N) is 1. The normalized spacial score (nSPS) is 23.1. The molecular formula is C24H36ClN3O5S. The van der Waals surface area contributed by atoms with Crippen molar-refractivity contribution < 1.29 is 23.1 Å². The highest BCUT2D eigenvalue weighted by molar-refractivity contribution is 7.89. The topological polar surface area (TPSA) is 116 Å². The number of phenolic OH excluding ortho intramolecular Hbond substituents is 1.